The largest absolute Gasteiger partial charge is 0.481 e. The van der Waals surface area contributed by atoms with Gasteiger partial charge in [0.25, 0.3) is 0 Å². The molecule has 1 aliphatic carbocycles. The van der Waals surface area contributed by atoms with E-state index in [2.05, 4.69) is 6.92 Å². The van der Waals surface area contributed by atoms with Crippen LogP contribution in [-0.4, -0.2) is 52.6 Å². The normalized spacial score (nSPS) is 22.6. The van der Waals surface area contributed by atoms with Crippen LogP contribution in [0.2, 0.25) is 0 Å². The molecule has 116 valence electrons. The summed E-state index contributed by atoms with van der Waals surface area (Å²) in [6.07, 6.45) is 4.51. The van der Waals surface area contributed by atoms with Gasteiger partial charge in [-0.25, -0.2) is 4.79 Å². The fourth-order valence-electron chi connectivity index (χ4n) is 2.90. The van der Waals surface area contributed by atoms with Gasteiger partial charge < -0.3 is 14.9 Å². The molecule has 0 aliphatic heterocycles. The van der Waals surface area contributed by atoms with Crippen LogP contribution < -0.4 is 0 Å². The van der Waals surface area contributed by atoms with Crippen molar-refractivity contribution in [3.8, 4) is 0 Å². The summed E-state index contributed by atoms with van der Waals surface area (Å²) < 4.78 is 0. The van der Waals surface area contributed by atoms with Gasteiger partial charge in [0.15, 0.2) is 0 Å². The number of amides is 2. The molecule has 0 spiro atoms. The molecule has 1 saturated carbocycles. The van der Waals surface area contributed by atoms with Gasteiger partial charge in [0.1, 0.15) is 0 Å². The number of urea groups is 1. The fraction of sp³-hybridized carbons (Fsp3) is 0.867. The summed E-state index contributed by atoms with van der Waals surface area (Å²) in [5.41, 5.74) is 0. The molecule has 20 heavy (non-hydrogen) atoms. The third kappa shape index (κ3) is 4.69. The van der Waals surface area contributed by atoms with Crippen molar-refractivity contribution < 1.29 is 14.7 Å². The number of aliphatic carboxylic acids is 1. The number of nitrogens with zero attached hydrogens (tertiary/aromatic N) is 2. The van der Waals surface area contributed by atoms with Crippen LogP contribution in [0.15, 0.2) is 0 Å². The van der Waals surface area contributed by atoms with E-state index in [1.54, 1.807) is 4.90 Å². The lowest BCUT2D eigenvalue weighted by Gasteiger charge is -2.38. The molecule has 0 heterocycles. The predicted molar refractivity (Wildman–Crippen MR) is 78.7 cm³/mol. The summed E-state index contributed by atoms with van der Waals surface area (Å²) >= 11 is 0. The van der Waals surface area contributed by atoms with Crippen LogP contribution in [0.25, 0.3) is 0 Å². The van der Waals surface area contributed by atoms with Crippen LogP contribution in [0.4, 0.5) is 4.79 Å². The molecular formula is C15H28N2O3. The van der Waals surface area contributed by atoms with Crippen molar-refractivity contribution in [2.45, 2.75) is 65.0 Å². The quantitative estimate of drug-likeness (QED) is 0.844. The van der Waals surface area contributed by atoms with Crippen LogP contribution in [0.5, 0.6) is 0 Å². The number of rotatable bonds is 5. The van der Waals surface area contributed by atoms with E-state index in [4.69, 9.17) is 5.11 Å². The zero-order chi connectivity index (χ0) is 15.3. The summed E-state index contributed by atoms with van der Waals surface area (Å²) in [5, 5.41) is 8.80. The maximum atomic E-state index is 12.6. The molecule has 0 aromatic rings. The molecule has 1 aliphatic rings. The highest BCUT2D eigenvalue weighted by Gasteiger charge is 2.29. The smallest absolute Gasteiger partial charge is 0.320 e. The Balaban J connectivity index is 2.65. The second-order valence-electron chi connectivity index (χ2n) is 6.25. The van der Waals surface area contributed by atoms with Gasteiger partial charge in [0, 0.05) is 25.7 Å². The number of carboxylic acid groups (broad SMARTS) is 1. The molecule has 1 N–H and O–H groups in total. The van der Waals surface area contributed by atoms with E-state index >= 15 is 0 Å². The minimum absolute atomic E-state index is 0.00116. The van der Waals surface area contributed by atoms with E-state index in [0.29, 0.717) is 5.92 Å². The summed E-state index contributed by atoms with van der Waals surface area (Å²) in [7, 11) is 1.85. The second kappa shape index (κ2) is 7.50. The van der Waals surface area contributed by atoms with Gasteiger partial charge in [-0.05, 0) is 32.6 Å². The third-order valence-electron chi connectivity index (χ3n) is 4.19. The van der Waals surface area contributed by atoms with Crippen molar-refractivity contribution in [1.82, 2.24) is 9.80 Å². The number of hydrogen-bond acceptors (Lipinski definition) is 2. The summed E-state index contributed by atoms with van der Waals surface area (Å²) in [6.45, 7) is 6.36. The van der Waals surface area contributed by atoms with Crippen LogP contribution in [-0.2, 0) is 4.79 Å². The van der Waals surface area contributed by atoms with Crippen LogP contribution >= 0.6 is 0 Å². The van der Waals surface area contributed by atoms with E-state index < -0.39 is 5.97 Å². The molecular weight excluding hydrogens is 256 g/mol. The first-order valence-corrected chi connectivity index (χ1v) is 7.58. The molecule has 5 nitrogen and oxygen atoms in total. The summed E-state index contributed by atoms with van der Waals surface area (Å²) in [4.78, 5) is 26.8. The second-order valence-corrected chi connectivity index (χ2v) is 6.25. The van der Waals surface area contributed by atoms with Crippen LogP contribution in [0.1, 0.15) is 52.9 Å². The number of carbonyl (C=O) groups is 2. The summed E-state index contributed by atoms with van der Waals surface area (Å²) in [5.74, 6) is -0.201. The van der Waals surface area contributed by atoms with Crippen molar-refractivity contribution in [3.05, 3.63) is 0 Å². The predicted octanol–water partition coefficient (Wildman–Crippen LogP) is 2.80. The Hall–Kier alpha value is -1.26. The Kier molecular flexibility index (Phi) is 6.30. The molecule has 2 unspecified atom stereocenters. The van der Waals surface area contributed by atoms with Gasteiger partial charge in [-0.2, -0.15) is 0 Å². The van der Waals surface area contributed by atoms with Gasteiger partial charge in [0.05, 0.1) is 6.42 Å². The van der Waals surface area contributed by atoms with Crippen LogP contribution in [0, 0.1) is 5.92 Å². The molecule has 0 saturated heterocycles. The maximum Gasteiger partial charge on any atom is 0.320 e. The van der Waals surface area contributed by atoms with Gasteiger partial charge in [-0.1, -0.05) is 19.8 Å². The lowest BCUT2D eigenvalue weighted by Crippen LogP contribution is -2.50. The average Bonchev–Trinajstić information content (AvgIpc) is 2.37. The first-order chi connectivity index (χ1) is 9.32. The minimum atomic E-state index is -0.864. The van der Waals surface area contributed by atoms with Crippen molar-refractivity contribution in [2.24, 2.45) is 5.92 Å². The van der Waals surface area contributed by atoms with E-state index in [1.165, 1.54) is 12.8 Å². The Labute approximate surface area is 121 Å². The van der Waals surface area contributed by atoms with Crippen LogP contribution in [0.3, 0.4) is 0 Å². The summed E-state index contributed by atoms with van der Waals surface area (Å²) in [6, 6.07) is 0.267. The van der Waals surface area contributed by atoms with Crippen molar-refractivity contribution >= 4 is 12.0 Å². The number of hydrogen-bond donors (Lipinski definition) is 1. The van der Waals surface area contributed by atoms with E-state index in [1.807, 2.05) is 25.8 Å². The zero-order valence-electron chi connectivity index (χ0n) is 13.1. The van der Waals surface area contributed by atoms with Crippen molar-refractivity contribution in [3.63, 3.8) is 0 Å². The highest BCUT2D eigenvalue weighted by atomic mass is 16.4. The Morgan fingerprint density at radius 3 is 2.45 bits per heavy atom. The monoisotopic (exact) mass is 284 g/mol. The maximum absolute atomic E-state index is 12.6. The van der Waals surface area contributed by atoms with Gasteiger partial charge >= 0.3 is 12.0 Å². The van der Waals surface area contributed by atoms with Gasteiger partial charge in [0.2, 0.25) is 0 Å². The topological polar surface area (TPSA) is 60.9 Å². The minimum Gasteiger partial charge on any atom is -0.481 e. The van der Waals surface area contributed by atoms with Crippen molar-refractivity contribution in [1.29, 1.82) is 0 Å². The SMILES string of the molecule is CC1CCCC(N(C)C(=O)N(CCC(=O)O)C(C)C)C1. The van der Waals surface area contributed by atoms with Gasteiger partial charge in [-0.15, -0.1) is 0 Å². The fourth-order valence-corrected chi connectivity index (χ4v) is 2.90. The Morgan fingerprint density at radius 1 is 1.30 bits per heavy atom. The Morgan fingerprint density at radius 2 is 1.95 bits per heavy atom. The van der Waals surface area contributed by atoms with E-state index in [0.717, 1.165) is 12.8 Å². The molecule has 0 radical (unpaired) electrons. The van der Waals surface area contributed by atoms with E-state index in [9.17, 15) is 9.59 Å². The average molecular weight is 284 g/mol. The molecule has 1 rings (SSSR count). The molecule has 1 fully saturated rings. The zero-order valence-corrected chi connectivity index (χ0v) is 13.1. The molecule has 0 aromatic carbocycles. The van der Waals surface area contributed by atoms with Crippen molar-refractivity contribution in [2.75, 3.05) is 13.6 Å². The Bertz CT molecular complexity index is 344. The standard InChI is InChI=1S/C15H28N2O3/c1-11(2)17(9-8-14(18)19)15(20)16(4)13-7-5-6-12(3)10-13/h11-13H,5-10H2,1-4H3,(H,18,19). The number of carboxylic acids is 1. The first-order valence-electron chi connectivity index (χ1n) is 7.58. The highest BCUT2D eigenvalue weighted by molar-refractivity contribution is 5.76. The lowest BCUT2D eigenvalue weighted by molar-refractivity contribution is -0.137. The highest BCUT2D eigenvalue weighted by Crippen LogP contribution is 2.27. The number of carbonyl (C=O) groups excluding carboxylic acids is 1. The molecule has 0 bridgehead atoms. The molecule has 0 aromatic heterocycles. The third-order valence-corrected chi connectivity index (χ3v) is 4.19. The molecule has 2 atom stereocenters. The lowest BCUT2D eigenvalue weighted by atomic mass is 9.86. The first kappa shape index (κ1) is 16.8. The van der Waals surface area contributed by atoms with E-state index in [-0.39, 0.29) is 31.1 Å². The van der Waals surface area contributed by atoms with Gasteiger partial charge in [-0.3, -0.25) is 4.79 Å². The molecule has 2 amide bonds. The molecule has 5 heteroatoms.